The first-order valence-electron chi connectivity index (χ1n) is 10.8. The van der Waals surface area contributed by atoms with E-state index in [1.165, 1.54) is 6.21 Å². The second kappa shape index (κ2) is 12.1. The Bertz CT molecular complexity index is 1390. The monoisotopic (exact) mass is 586 g/mol. The largest absolute Gasteiger partial charge is 0.496 e. The Hall–Kier alpha value is -3.33. The Morgan fingerprint density at radius 2 is 1.89 bits per heavy atom. The molecule has 0 unspecified atom stereocenters. The standard InChI is InChI=1S/C26H21BrCl2N4O3/c1-35-25-12-18(2-5-19(25)16-36-21-8-9-22(28)23(29)13-21)14-30-31-26(34)24-10-11-33(32-24)15-17-3-6-20(27)7-4-17/h2-14H,15-16H2,1H3,(H,31,34). The zero-order valence-corrected chi connectivity index (χ0v) is 22.2. The molecule has 3 aromatic carbocycles. The van der Waals surface area contributed by atoms with Crippen molar-refractivity contribution in [3.8, 4) is 11.5 Å². The lowest BCUT2D eigenvalue weighted by atomic mass is 10.1. The van der Waals surface area contributed by atoms with E-state index in [1.54, 1.807) is 48.3 Å². The van der Waals surface area contributed by atoms with Crippen molar-refractivity contribution in [3.63, 3.8) is 0 Å². The first-order chi connectivity index (χ1) is 17.4. The molecule has 0 spiro atoms. The minimum absolute atomic E-state index is 0.275. The molecular weight excluding hydrogens is 567 g/mol. The quantitative estimate of drug-likeness (QED) is 0.183. The molecule has 0 saturated heterocycles. The summed E-state index contributed by atoms with van der Waals surface area (Å²) in [5.74, 6) is 0.815. The van der Waals surface area contributed by atoms with E-state index in [4.69, 9.17) is 32.7 Å². The molecule has 4 aromatic rings. The number of carbonyl (C=O) groups excluding carboxylic acids is 1. The zero-order valence-electron chi connectivity index (χ0n) is 19.1. The lowest BCUT2D eigenvalue weighted by Gasteiger charge is -2.11. The summed E-state index contributed by atoms with van der Waals surface area (Å²) < 4.78 is 14.0. The van der Waals surface area contributed by atoms with Crippen LogP contribution in [0.4, 0.5) is 0 Å². The second-order valence-electron chi connectivity index (χ2n) is 7.66. The predicted octanol–water partition coefficient (Wildman–Crippen LogP) is 6.35. The van der Waals surface area contributed by atoms with Crippen molar-refractivity contribution in [2.45, 2.75) is 13.2 Å². The Kier molecular flexibility index (Phi) is 8.64. The SMILES string of the molecule is COc1cc(C=NNC(=O)c2ccn(Cc3ccc(Br)cc3)n2)ccc1COc1ccc(Cl)c(Cl)c1. The van der Waals surface area contributed by atoms with Crippen LogP contribution in [0.1, 0.15) is 27.2 Å². The number of rotatable bonds is 9. The number of nitrogens with zero attached hydrogens (tertiary/aromatic N) is 3. The summed E-state index contributed by atoms with van der Waals surface area (Å²) in [7, 11) is 1.57. The van der Waals surface area contributed by atoms with Gasteiger partial charge in [-0.2, -0.15) is 10.2 Å². The second-order valence-corrected chi connectivity index (χ2v) is 9.39. The smallest absolute Gasteiger partial charge is 0.291 e. The molecule has 0 saturated carbocycles. The normalized spacial score (nSPS) is 11.0. The summed E-state index contributed by atoms with van der Waals surface area (Å²) in [5.41, 5.74) is 5.43. The summed E-state index contributed by atoms with van der Waals surface area (Å²) in [5, 5.41) is 9.25. The molecule has 0 radical (unpaired) electrons. The Morgan fingerprint density at radius 3 is 2.64 bits per heavy atom. The van der Waals surface area contributed by atoms with E-state index in [1.807, 2.05) is 36.4 Å². The van der Waals surface area contributed by atoms with E-state index in [0.717, 1.165) is 21.2 Å². The molecule has 4 rings (SSSR count). The van der Waals surface area contributed by atoms with Crippen LogP contribution in [0.2, 0.25) is 10.0 Å². The van der Waals surface area contributed by atoms with Crippen molar-refractivity contribution in [1.82, 2.24) is 15.2 Å². The highest BCUT2D eigenvalue weighted by Crippen LogP contribution is 2.28. The van der Waals surface area contributed by atoms with Crippen LogP contribution in [-0.2, 0) is 13.2 Å². The highest BCUT2D eigenvalue weighted by atomic mass is 79.9. The molecule has 7 nitrogen and oxygen atoms in total. The van der Waals surface area contributed by atoms with Crippen LogP contribution in [0, 0.1) is 0 Å². The number of carbonyl (C=O) groups is 1. The summed E-state index contributed by atoms with van der Waals surface area (Å²) in [6, 6.07) is 20.2. The average Bonchev–Trinajstić information content (AvgIpc) is 3.35. The van der Waals surface area contributed by atoms with Crippen LogP contribution in [0.5, 0.6) is 11.5 Å². The van der Waals surface area contributed by atoms with E-state index >= 15 is 0 Å². The fraction of sp³-hybridized carbons (Fsp3) is 0.115. The van der Waals surface area contributed by atoms with Crippen molar-refractivity contribution >= 4 is 51.3 Å². The maximum Gasteiger partial charge on any atom is 0.291 e. The molecule has 184 valence electrons. The van der Waals surface area contributed by atoms with E-state index in [0.29, 0.717) is 28.1 Å². The molecule has 36 heavy (non-hydrogen) atoms. The van der Waals surface area contributed by atoms with Crippen LogP contribution in [0.15, 0.2) is 82.5 Å². The first-order valence-corrected chi connectivity index (χ1v) is 12.3. The van der Waals surface area contributed by atoms with Gasteiger partial charge < -0.3 is 9.47 Å². The maximum absolute atomic E-state index is 12.4. The summed E-state index contributed by atoms with van der Waals surface area (Å²) >= 11 is 15.4. The number of hydrazone groups is 1. The van der Waals surface area contributed by atoms with Crippen LogP contribution in [0.3, 0.4) is 0 Å². The van der Waals surface area contributed by atoms with Gasteiger partial charge in [-0.3, -0.25) is 9.48 Å². The lowest BCUT2D eigenvalue weighted by molar-refractivity contribution is 0.0949. The third kappa shape index (κ3) is 6.87. The van der Waals surface area contributed by atoms with Gasteiger partial charge in [-0.05, 0) is 47.5 Å². The number of benzene rings is 3. The topological polar surface area (TPSA) is 77.7 Å². The van der Waals surface area contributed by atoms with Crippen LogP contribution < -0.4 is 14.9 Å². The number of ether oxygens (including phenoxy) is 2. The fourth-order valence-electron chi connectivity index (χ4n) is 3.26. The zero-order chi connectivity index (χ0) is 25.5. The molecule has 1 heterocycles. The highest BCUT2D eigenvalue weighted by molar-refractivity contribution is 9.10. The molecule has 1 N–H and O–H groups in total. The molecule has 0 aliphatic rings. The number of nitrogens with one attached hydrogen (secondary N) is 1. The number of aromatic nitrogens is 2. The lowest BCUT2D eigenvalue weighted by Crippen LogP contribution is -2.18. The van der Waals surface area contributed by atoms with E-state index < -0.39 is 5.91 Å². The van der Waals surface area contributed by atoms with E-state index in [-0.39, 0.29) is 12.3 Å². The molecule has 0 aliphatic heterocycles. The van der Waals surface area contributed by atoms with Gasteiger partial charge in [0.15, 0.2) is 5.69 Å². The van der Waals surface area contributed by atoms with Crippen LogP contribution >= 0.6 is 39.1 Å². The average molecular weight is 588 g/mol. The molecule has 0 aliphatic carbocycles. The fourth-order valence-corrected chi connectivity index (χ4v) is 3.81. The van der Waals surface area contributed by atoms with Crippen LogP contribution in [-0.4, -0.2) is 29.0 Å². The Morgan fingerprint density at radius 1 is 1.08 bits per heavy atom. The summed E-state index contributed by atoms with van der Waals surface area (Å²) in [6.07, 6.45) is 3.28. The third-order valence-corrected chi connectivity index (χ3v) is 6.38. The molecule has 0 fully saturated rings. The van der Waals surface area contributed by atoms with E-state index in [9.17, 15) is 4.79 Å². The number of halogens is 3. The first kappa shape index (κ1) is 25.8. The van der Waals surface area contributed by atoms with Gasteiger partial charge >= 0.3 is 0 Å². The molecule has 1 amide bonds. The maximum atomic E-state index is 12.4. The van der Waals surface area contributed by atoms with Crippen molar-refractivity contribution in [1.29, 1.82) is 0 Å². The molecular formula is C26H21BrCl2N4O3. The van der Waals surface area contributed by atoms with Crippen molar-refractivity contribution in [2.75, 3.05) is 7.11 Å². The summed E-state index contributed by atoms with van der Waals surface area (Å²) in [4.78, 5) is 12.4. The summed E-state index contributed by atoms with van der Waals surface area (Å²) in [6.45, 7) is 0.836. The van der Waals surface area contributed by atoms with Crippen LogP contribution in [0.25, 0.3) is 0 Å². The van der Waals surface area contributed by atoms with Gasteiger partial charge in [-0.15, -0.1) is 0 Å². The number of hydrogen-bond donors (Lipinski definition) is 1. The van der Waals surface area contributed by atoms with Gasteiger partial charge in [-0.25, -0.2) is 5.43 Å². The molecule has 10 heteroatoms. The van der Waals surface area contributed by atoms with Gasteiger partial charge in [0.2, 0.25) is 0 Å². The van der Waals surface area contributed by atoms with Crippen molar-refractivity contribution < 1.29 is 14.3 Å². The highest BCUT2D eigenvalue weighted by Gasteiger charge is 2.10. The van der Waals surface area contributed by atoms with Gasteiger partial charge in [0.05, 0.1) is 29.9 Å². The number of amides is 1. The molecule has 1 aromatic heterocycles. The van der Waals surface area contributed by atoms with Gasteiger partial charge in [0, 0.05) is 22.3 Å². The van der Waals surface area contributed by atoms with Gasteiger partial charge in [0.1, 0.15) is 18.1 Å². The number of methoxy groups -OCH3 is 1. The molecule has 0 bridgehead atoms. The molecule has 0 atom stereocenters. The van der Waals surface area contributed by atoms with Crippen molar-refractivity contribution in [3.05, 3.63) is 110 Å². The Labute approximate surface area is 226 Å². The minimum atomic E-state index is -0.403. The number of hydrogen-bond acceptors (Lipinski definition) is 5. The van der Waals surface area contributed by atoms with Gasteiger partial charge in [0.25, 0.3) is 5.91 Å². The predicted molar refractivity (Wildman–Crippen MR) is 144 cm³/mol. The van der Waals surface area contributed by atoms with E-state index in [2.05, 4.69) is 31.6 Å². The minimum Gasteiger partial charge on any atom is -0.496 e. The van der Waals surface area contributed by atoms with Crippen molar-refractivity contribution in [2.24, 2.45) is 5.10 Å². The Balaban J connectivity index is 1.33. The third-order valence-electron chi connectivity index (χ3n) is 5.11. The van der Waals surface area contributed by atoms with Gasteiger partial charge in [-0.1, -0.05) is 63.4 Å².